The molecule has 0 bridgehead atoms. The highest BCUT2D eigenvalue weighted by Crippen LogP contribution is 2.26. The van der Waals surface area contributed by atoms with E-state index in [1.807, 2.05) is 12.1 Å². The molecule has 1 fully saturated rings. The van der Waals surface area contributed by atoms with Gasteiger partial charge in [-0.3, -0.25) is 9.69 Å². The van der Waals surface area contributed by atoms with Gasteiger partial charge in [0.15, 0.2) is 5.78 Å². The van der Waals surface area contributed by atoms with Crippen LogP contribution >= 0.6 is 11.6 Å². The highest BCUT2D eigenvalue weighted by atomic mass is 35.5. The van der Waals surface area contributed by atoms with Crippen LogP contribution in [-0.4, -0.2) is 29.3 Å². The van der Waals surface area contributed by atoms with Crippen molar-refractivity contribution < 1.29 is 4.79 Å². The first-order chi connectivity index (χ1) is 9.11. The topological polar surface area (TPSA) is 20.3 Å². The van der Waals surface area contributed by atoms with E-state index in [2.05, 4.69) is 18.7 Å². The van der Waals surface area contributed by atoms with E-state index in [0.29, 0.717) is 23.5 Å². The van der Waals surface area contributed by atoms with Gasteiger partial charge in [-0.25, -0.2) is 0 Å². The maximum Gasteiger partial charge on any atom is 0.164 e. The van der Waals surface area contributed by atoms with E-state index in [1.54, 1.807) is 12.1 Å². The molecule has 0 saturated carbocycles. The second kappa shape index (κ2) is 6.53. The number of hydrogen-bond acceptors (Lipinski definition) is 2. The zero-order valence-corrected chi connectivity index (χ0v) is 12.5. The number of carbonyl (C=O) groups is 1. The van der Waals surface area contributed by atoms with Crippen molar-refractivity contribution in [1.82, 2.24) is 4.90 Å². The first kappa shape index (κ1) is 14.5. The Bertz CT molecular complexity index is 429. The number of nitrogens with zero attached hydrogens (tertiary/aromatic N) is 1. The van der Waals surface area contributed by atoms with Crippen molar-refractivity contribution in [1.29, 1.82) is 0 Å². The molecule has 2 atom stereocenters. The van der Waals surface area contributed by atoms with Crippen molar-refractivity contribution in [2.75, 3.05) is 6.54 Å². The number of halogens is 1. The molecule has 1 heterocycles. The van der Waals surface area contributed by atoms with Crippen LogP contribution in [0.5, 0.6) is 0 Å². The summed E-state index contributed by atoms with van der Waals surface area (Å²) in [4.78, 5) is 14.6. The standard InChI is InChI=1S/C16H22ClNO/c1-3-15-9-4-12(2)18(15)11-10-16(19)13-5-7-14(17)8-6-13/h5-8,12,15H,3-4,9-11H2,1-2H3. The molecular weight excluding hydrogens is 258 g/mol. The Morgan fingerprint density at radius 1 is 1.32 bits per heavy atom. The maximum absolute atomic E-state index is 12.1. The van der Waals surface area contributed by atoms with Crippen LogP contribution in [0.25, 0.3) is 0 Å². The lowest BCUT2D eigenvalue weighted by atomic mass is 10.1. The van der Waals surface area contributed by atoms with Crippen LogP contribution in [0.15, 0.2) is 24.3 Å². The molecule has 2 unspecified atom stereocenters. The summed E-state index contributed by atoms with van der Waals surface area (Å²) in [7, 11) is 0. The SMILES string of the molecule is CCC1CCC(C)N1CCC(=O)c1ccc(Cl)cc1. The van der Waals surface area contributed by atoms with Crippen LogP contribution in [0.1, 0.15) is 49.9 Å². The fourth-order valence-corrected chi connectivity index (χ4v) is 3.10. The van der Waals surface area contributed by atoms with Gasteiger partial charge in [0, 0.05) is 35.6 Å². The van der Waals surface area contributed by atoms with Crippen LogP contribution < -0.4 is 0 Å². The molecule has 1 aliphatic heterocycles. The largest absolute Gasteiger partial charge is 0.297 e. The summed E-state index contributed by atoms with van der Waals surface area (Å²) in [5.41, 5.74) is 0.768. The third kappa shape index (κ3) is 3.58. The molecule has 1 saturated heterocycles. The molecule has 3 heteroatoms. The van der Waals surface area contributed by atoms with Gasteiger partial charge in [0.05, 0.1) is 0 Å². The Hall–Kier alpha value is -0.860. The minimum absolute atomic E-state index is 0.214. The second-order valence-electron chi connectivity index (χ2n) is 5.41. The van der Waals surface area contributed by atoms with Gasteiger partial charge in [-0.1, -0.05) is 18.5 Å². The van der Waals surface area contributed by atoms with Gasteiger partial charge in [-0.2, -0.15) is 0 Å². The Kier molecular flexibility index (Phi) is 5.00. The summed E-state index contributed by atoms with van der Waals surface area (Å²) < 4.78 is 0. The predicted molar refractivity (Wildman–Crippen MR) is 79.9 cm³/mol. The number of likely N-dealkylation sites (tertiary alicyclic amines) is 1. The highest BCUT2D eigenvalue weighted by molar-refractivity contribution is 6.30. The molecular formula is C16H22ClNO. The van der Waals surface area contributed by atoms with E-state index in [4.69, 9.17) is 11.6 Å². The fourth-order valence-electron chi connectivity index (χ4n) is 2.98. The van der Waals surface area contributed by atoms with Crippen LogP contribution in [0.4, 0.5) is 0 Å². The molecule has 1 aliphatic rings. The summed E-state index contributed by atoms with van der Waals surface area (Å²) in [5, 5.41) is 0.677. The number of Topliss-reactive ketones (excluding diaryl/α,β-unsaturated/α-hetero) is 1. The third-order valence-electron chi connectivity index (χ3n) is 4.19. The molecule has 19 heavy (non-hydrogen) atoms. The number of rotatable bonds is 5. The van der Waals surface area contributed by atoms with Crippen LogP contribution in [0.3, 0.4) is 0 Å². The minimum Gasteiger partial charge on any atom is -0.297 e. The van der Waals surface area contributed by atoms with E-state index in [0.717, 1.165) is 12.1 Å². The van der Waals surface area contributed by atoms with Crippen molar-refractivity contribution in [3.05, 3.63) is 34.9 Å². The molecule has 1 aromatic carbocycles. The van der Waals surface area contributed by atoms with Crippen molar-refractivity contribution >= 4 is 17.4 Å². The van der Waals surface area contributed by atoms with Crippen molar-refractivity contribution in [3.63, 3.8) is 0 Å². The van der Waals surface area contributed by atoms with Gasteiger partial charge >= 0.3 is 0 Å². The molecule has 0 aliphatic carbocycles. The normalized spacial score (nSPS) is 23.7. The molecule has 0 amide bonds. The molecule has 2 rings (SSSR count). The summed E-state index contributed by atoms with van der Waals surface area (Å²) in [6.45, 7) is 5.38. The van der Waals surface area contributed by atoms with E-state index in [9.17, 15) is 4.79 Å². The summed E-state index contributed by atoms with van der Waals surface area (Å²) in [6, 6.07) is 8.46. The van der Waals surface area contributed by atoms with Gasteiger partial charge < -0.3 is 0 Å². The van der Waals surface area contributed by atoms with E-state index in [-0.39, 0.29) is 5.78 Å². The van der Waals surface area contributed by atoms with Crippen molar-refractivity contribution in [2.45, 2.75) is 51.6 Å². The lowest BCUT2D eigenvalue weighted by molar-refractivity contribution is 0.0949. The van der Waals surface area contributed by atoms with E-state index in [1.165, 1.54) is 19.3 Å². The van der Waals surface area contributed by atoms with Gasteiger partial charge in [0.1, 0.15) is 0 Å². The molecule has 0 spiro atoms. The molecule has 104 valence electrons. The molecule has 0 aromatic heterocycles. The van der Waals surface area contributed by atoms with Crippen LogP contribution in [-0.2, 0) is 0 Å². The summed E-state index contributed by atoms with van der Waals surface area (Å²) in [6.07, 6.45) is 4.31. The fraction of sp³-hybridized carbons (Fsp3) is 0.562. The zero-order chi connectivity index (χ0) is 13.8. The summed E-state index contributed by atoms with van der Waals surface area (Å²) >= 11 is 5.83. The Balaban J connectivity index is 1.91. The first-order valence-electron chi connectivity index (χ1n) is 7.16. The second-order valence-corrected chi connectivity index (χ2v) is 5.84. The first-order valence-corrected chi connectivity index (χ1v) is 7.54. The lowest BCUT2D eigenvalue weighted by Gasteiger charge is -2.27. The van der Waals surface area contributed by atoms with Gasteiger partial charge in [-0.05, 0) is 50.5 Å². The highest BCUT2D eigenvalue weighted by Gasteiger charge is 2.29. The maximum atomic E-state index is 12.1. The molecule has 2 nitrogen and oxygen atoms in total. The average Bonchev–Trinajstić information content (AvgIpc) is 2.77. The Labute approximate surface area is 120 Å². The van der Waals surface area contributed by atoms with Crippen molar-refractivity contribution in [3.8, 4) is 0 Å². The Morgan fingerprint density at radius 3 is 2.63 bits per heavy atom. The van der Waals surface area contributed by atoms with Crippen LogP contribution in [0.2, 0.25) is 5.02 Å². The Morgan fingerprint density at radius 2 is 2.00 bits per heavy atom. The van der Waals surface area contributed by atoms with Gasteiger partial charge in [0.2, 0.25) is 0 Å². The number of hydrogen-bond donors (Lipinski definition) is 0. The predicted octanol–water partition coefficient (Wildman–Crippen LogP) is 4.18. The van der Waals surface area contributed by atoms with E-state index >= 15 is 0 Å². The van der Waals surface area contributed by atoms with Crippen molar-refractivity contribution in [2.24, 2.45) is 0 Å². The molecule has 0 radical (unpaired) electrons. The number of benzene rings is 1. The lowest BCUT2D eigenvalue weighted by Crippen LogP contribution is -2.35. The smallest absolute Gasteiger partial charge is 0.164 e. The number of carbonyl (C=O) groups excluding carboxylic acids is 1. The quantitative estimate of drug-likeness (QED) is 0.754. The van der Waals surface area contributed by atoms with Crippen LogP contribution in [0, 0.1) is 0 Å². The van der Waals surface area contributed by atoms with Gasteiger partial charge in [0.25, 0.3) is 0 Å². The molecule has 0 N–H and O–H groups in total. The summed E-state index contributed by atoms with van der Waals surface area (Å²) in [5.74, 6) is 0.214. The van der Waals surface area contributed by atoms with Gasteiger partial charge in [-0.15, -0.1) is 0 Å². The minimum atomic E-state index is 0.214. The monoisotopic (exact) mass is 279 g/mol. The molecule has 1 aromatic rings. The number of ketones is 1. The average molecular weight is 280 g/mol. The van der Waals surface area contributed by atoms with E-state index < -0.39 is 0 Å². The zero-order valence-electron chi connectivity index (χ0n) is 11.7. The third-order valence-corrected chi connectivity index (χ3v) is 4.44.